The van der Waals surface area contributed by atoms with Gasteiger partial charge >= 0.3 is 5.97 Å². The van der Waals surface area contributed by atoms with Gasteiger partial charge in [-0.2, -0.15) is 0 Å². The topological polar surface area (TPSA) is 167 Å². The molecule has 0 aliphatic carbocycles. The average molecular weight is 459 g/mol. The van der Waals surface area contributed by atoms with E-state index in [0.29, 0.717) is 0 Å². The van der Waals surface area contributed by atoms with Gasteiger partial charge in [0, 0.05) is 13.5 Å². The summed E-state index contributed by atoms with van der Waals surface area (Å²) in [5.41, 5.74) is -0.228. The van der Waals surface area contributed by atoms with Crippen molar-refractivity contribution in [3.63, 3.8) is 0 Å². The molecule has 1 aliphatic heterocycles. The third kappa shape index (κ3) is 6.26. The Bertz CT molecular complexity index is 787. The van der Waals surface area contributed by atoms with Crippen molar-refractivity contribution in [2.75, 3.05) is 27.4 Å². The van der Waals surface area contributed by atoms with Crippen LogP contribution < -0.4 is 9.47 Å². The highest BCUT2D eigenvalue weighted by Crippen LogP contribution is 2.35. The van der Waals surface area contributed by atoms with E-state index in [4.69, 9.17) is 23.7 Å². The van der Waals surface area contributed by atoms with E-state index in [1.54, 1.807) is 6.92 Å². The maximum absolute atomic E-state index is 12.2. The number of aliphatic hydroxyl groups excluding tert-OH is 3. The zero-order chi connectivity index (χ0) is 23.8. The van der Waals surface area contributed by atoms with E-state index in [9.17, 15) is 30.2 Å². The van der Waals surface area contributed by atoms with Gasteiger partial charge < -0.3 is 39.0 Å². The zero-order valence-corrected chi connectivity index (χ0v) is 18.1. The summed E-state index contributed by atoms with van der Waals surface area (Å²) in [7, 11) is 2.80. The molecular formula is C20H29NO11. The van der Waals surface area contributed by atoms with Crippen LogP contribution in [0.25, 0.3) is 0 Å². The molecule has 0 radical (unpaired) electrons. The normalized spacial score (nSPS) is 25.2. The minimum Gasteiger partial charge on any atom is -0.493 e. The summed E-state index contributed by atoms with van der Waals surface area (Å²) in [5, 5.41) is 40.8. The van der Waals surface area contributed by atoms with Crippen molar-refractivity contribution in [1.82, 2.24) is 0 Å². The van der Waals surface area contributed by atoms with E-state index in [1.165, 1.54) is 20.3 Å². The Morgan fingerprint density at radius 1 is 1.22 bits per heavy atom. The second-order valence-electron chi connectivity index (χ2n) is 7.27. The molecule has 1 aromatic carbocycles. The molecule has 1 saturated heterocycles. The molecule has 180 valence electrons. The van der Waals surface area contributed by atoms with Crippen molar-refractivity contribution in [1.29, 1.82) is 0 Å². The number of carbonyl (C=O) groups is 1. The molecule has 12 heteroatoms. The number of nitrogens with zero attached hydrogens (tertiary/aromatic N) is 1. The van der Waals surface area contributed by atoms with Crippen molar-refractivity contribution in [3.8, 4) is 11.5 Å². The fraction of sp³-hybridized carbons (Fsp3) is 0.650. The van der Waals surface area contributed by atoms with Crippen LogP contribution in [-0.4, -0.2) is 84.2 Å². The molecular weight excluding hydrogens is 430 g/mol. The van der Waals surface area contributed by atoms with Crippen LogP contribution in [0.2, 0.25) is 0 Å². The first kappa shape index (κ1) is 25.7. The highest BCUT2D eigenvalue weighted by molar-refractivity contribution is 5.69. The first-order valence-electron chi connectivity index (χ1n) is 10.0. The minimum atomic E-state index is -1.33. The van der Waals surface area contributed by atoms with Crippen LogP contribution in [0.3, 0.4) is 0 Å². The number of benzene rings is 1. The predicted molar refractivity (Wildman–Crippen MR) is 108 cm³/mol. The lowest BCUT2D eigenvalue weighted by molar-refractivity contribution is -0.385. The number of ether oxygens (including phenoxy) is 5. The van der Waals surface area contributed by atoms with Gasteiger partial charge in [0.1, 0.15) is 18.3 Å². The predicted octanol–water partition coefficient (Wildman–Crippen LogP) is 0.322. The van der Waals surface area contributed by atoms with Gasteiger partial charge in [-0.25, -0.2) is 0 Å². The highest BCUT2D eigenvalue weighted by atomic mass is 16.6. The fourth-order valence-electron chi connectivity index (χ4n) is 3.36. The molecule has 1 heterocycles. The highest BCUT2D eigenvalue weighted by Gasteiger charge is 2.44. The van der Waals surface area contributed by atoms with Crippen LogP contribution in [0.4, 0.5) is 5.69 Å². The number of aliphatic hydroxyl groups is 3. The molecule has 1 aliphatic rings. The Morgan fingerprint density at radius 2 is 1.94 bits per heavy atom. The van der Waals surface area contributed by atoms with Gasteiger partial charge in [-0.15, -0.1) is 0 Å². The minimum absolute atomic E-state index is 0.0267. The van der Waals surface area contributed by atoms with Crippen LogP contribution in [0.1, 0.15) is 25.3 Å². The van der Waals surface area contributed by atoms with Crippen LogP contribution in [0.5, 0.6) is 11.5 Å². The molecule has 1 fully saturated rings. The number of hydrogen-bond donors (Lipinski definition) is 3. The quantitative estimate of drug-likeness (QED) is 0.180. The van der Waals surface area contributed by atoms with Crippen molar-refractivity contribution in [2.45, 2.75) is 56.9 Å². The molecule has 5 atom stereocenters. The second kappa shape index (κ2) is 11.9. The Hall–Kier alpha value is -2.51. The fourth-order valence-corrected chi connectivity index (χ4v) is 3.36. The molecule has 12 nitrogen and oxygen atoms in total. The number of nitro benzene ring substituents is 1. The Balaban J connectivity index is 1.89. The largest absolute Gasteiger partial charge is 0.493 e. The average Bonchev–Trinajstić information content (AvgIpc) is 2.77. The first-order chi connectivity index (χ1) is 15.2. The van der Waals surface area contributed by atoms with Gasteiger partial charge in [0.05, 0.1) is 49.6 Å². The summed E-state index contributed by atoms with van der Waals surface area (Å²) in [6, 6.07) is 2.47. The first-order valence-corrected chi connectivity index (χ1v) is 10.0. The monoisotopic (exact) mass is 459 g/mol. The molecule has 32 heavy (non-hydrogen) atoms. The van der Waals surface area contributed by atoms with Gasteiger partial charge in [0.2, 0.25) is 0 Å². The van der Waals surface area contributed by atoms with Gasteiger partial charge in [0.15, 0.2) is 17.6 Å². The number of carbonyl (C=O) groups excluding carboxylic acids is 1. The summed E-state index contributed by atoms with van der Waals surface area (Å²) < 4.78 is 26.4. The van der Waals surface area contributed by atoms with E-state index in [0.717, 1.165) is 6.07 Å². The summed E-state index contributed by atoms with van der Waals surface area (Å²) in [6.45, 7) is 1.20. The lowest BCUT2D eigenvalue weighted by atomic mass is 9.96. The molecule has 0 bridgehead atoms. The lowest BCUT2D eigenvalue weighted by Gasteiger charge is -2.40. The summed E-state index contributed by atoms with van der Waals surface area (Å²) >= 11 is 0. The SMILES string of the molecule is COCC1OC(C)C(OC(=O)CCCOc2cc([N+](=O)[O-])c(CO)cc2OC)C(O)C1O. The van der Waals surface area contributed by atoms with Gasteiger partial charge in [0.25, 0.3) is 5.69 Å². The van der Waals surface area contributed by atoms with Crippen molar-refractivity contribution in [3.05, 3.63) is 27.8 Å². The van der Waals surface area contributed by atoms with Crippen molar-refractivity contribution < 1.29 is 48.7 Å². The Kier molecular flexibility index (Phi) is 9.60. The maximum Gasteiger partial charge on any atom is 0.306 e. The number of methoxy groups -OCH3 is 2. The second-order valence-corrected chi connectivity index (χ2v) is 7.27. The van der Waals surface area contributed by atoms with Crippen molar-refractivity contribution in [2.24, 2.45) is 0 Å². The summed E-state index contributed by atoms with van der Waals surface area (Å²) in [5.74, 6) is -0.320. The van der Waals surface area contributed by atoms with Crippen LogP contribution in [0.15, 0.2) is 12.1 Å². The number of hydrogen-bond acceptors (Lipinski definition) is 11. The Labute approximate surface area is 184 Å². The van der Waals surface area contributed by atoms with Gasteiger partial charge in [-0.1, -0.05) is 0 Å². The third-order valence-electron chi connectivity index (χ3n) is 5.03. The molecule has 0 aromatic heterocycles. The zero-order valence-electron chi connectivity index (χ0n) is 18.1. The smallest absolute Gasteiger partial charge is 0.306 e. The van der Waals surface area contributed by atoms with Crippen LogP contribution in [0, 0.1) is 10.1 Å². The molecule has 0 amide bonds. The standard InChI is InChI=1S/C20H29NO11/c1-11-20(19(25)18(24)16(31-11)10-28-2)32-17(23)5-4-6-30-15-8-13(21(26)27)12(9-22)7-14(15)29-3/h7-8,11,16,18-20,22,24-25H,4-6,9-10H2,1-3H3. The molecule has 0 saturated carbocycles. The van der Waals surface area contributed by atoms with E-state index in [-0.39, 0.29) is 48.8 Å². The third-order valence-corrected chi connectivity index (χ3v) is 5.03. The molecule has 2 rings (SSSR count). The van der Waals surface area contributed by atoms with Gasteiger partial charge in [-0.05, 0) is 19.4 Å². The maximum atomic E-state index is 12.2. The van der Waals surface area contributed by atoms with E-state index < -0.39 is 48.0 Å². The van der Waals surface area contributed by atoms with E-state index in [1.807, 2.05) is 0 Å². The molecule has 1 aromatic rings. The Morgan fingerprint density at radius 3 is 2.53 bits per heavy atom. The van der Waals surface area contributed by atoms with Crippen LogP contribution >= 0.6 is 0 Å². The number of nitro groups is 1. The van der Waals surface area contributed by atoms with Crippen LogP contribution in [-0.2, 0) is 25.6 Å². The van der Waals surface area contributed by atoms with Gasteiger partial charge in [-0.3, -0.25) is 14.9 Å². The molecule has 0 spiro atoms. The summed E-state index contributed by atoms with van der Waals surface area (Å²) in [4.78, 5) is 22.7. The molecule has 5 unspecified atom stereocenters. The summed E-state index contributed by atoms with van der Waals surface area (Å²) in [6.07, 6.45) is -4.86. The molecule has 3 N–H and O–H groups in total. The van der Waals surface area contributed by atoms with E-state index in [2.05, 4.69) is 0 Å². The number of esters is 1. The van der Waals surface area contributed by atoms with E-state index >= 15 is 0 Å². The lowest BCUT2D eigenvalue weighted by Crippen LogP contribution is -2.59. The number of rotatable bonds is 11. The van der Waals surface area contributed by atoms with Crippen molar-refractivity contribution >= 4 is 11.7 Å².